The number of nitrogens with zero attached hydrogens (tertiary/aromatic N) is 1. The fourth-order valence-corrected chi connectivity index (χ4v) is 2.53. The maximum Gasteiger partial charge on any atom is 0.119 e. The van der Waals surface area contributed by atoms with Crippen molar-refractivity contribution in [3.63, 3.8) is 0 Å². The van der Waals surface area contributed by atoms with Crippen molar-refractivity contribution in [2.45, 2.75) is 18.0 Å². The summed E-state index contributed by atoms with van der Waals surface area (Å²) in [5.74, 6) is 1.70. The van der Waals surface area contributed by atoms with E-state index >= 15 is 0 Å². The highest BCUT2D eigenvalue weighted by molar-refractivity contribution is 7.99. The summed E-state index contributed by atoms with van der Waals surface area (Å²) in [5.41, 5.74) is 7.29. The Morgan fingerprint density at radius 1 is 1.21 bits per heavy atom. The van der Waals surface area contributed by atoms with Gasteiger partial charge >= 0.3 is 0 Å². The van der Waals surface area contributed by atoms with Crippen LogP contribution in [0.25, 0.3) is 0 Å². The molecule has 0 fully saturated rings. The van der Waals surface area contributed by atoms with Gasteiger partial charge in [0.15, 0.2) is 0 Å². The predicted molar refractivity (Wildman–Crippen MR) is 79.5 cm³/mol. The fourth-order valence-electron chi connectivity index (χ4n) is 1.68. The van der Waals surface area contributed by atoms with Crippen molar-refractivity contribution >= 4 is 11.8 Å². The first-order valence-electron chi connectivity index (χ1n) is 6.31. The standard InChI is InChI=1S/C15H18N2OS/c1-2-18-13-8-6-12(7-9-13)14(16)11-19-15-5-3-4-10-17-15/h3-10,14H,2,11,16H2,1H3. The average molecular weight is 274 g/mol. The van der Waals surface area contributed by atoms with Crippen molar-refractivity contribution in [1.29, 1.82) is 0 Å². The molecule has 0 saturated heterocycles. The van der Waals surface area contributed by atoms with Gasteiger partial charge in [0.25, 0.3) is 0 Å². The Kier molecular flexibility index (Phi) is 5.24. The molecule has 0 amide bonds. The number of aromatic nitrogens is 1. The van der Waals surface area contributed by atoms with Gasteiger partial charge in [0.05, 0.1) is 11.6 Å². The Balaban J connectivity index is 1.90. The van der Waals surface area contributed by atoms with Crippen molar-refractivity contribution in [3.05, 3.63) is 54.2 Å². The van der Waals surface area contributed by atoms with Gasteiger partial charge in [-0.25, -0.2) is 4.98 Å². The Morgan fingerprint density at radius 3 is 2.63 bits per heavy atom. The molecule has 3 nitrogen and oxygen atoms in total. The van der Waals surface area contributed by atoms with Gasteiger partial charge in [0.2, 0.25) is 0 Å². The third-order valence-electron chi connectivity index (χ3n) is 2.67. The molecule has 1 atom stereocenters. The normalized spacial score (nSPS) is 12.1. The number of thioether (sulfide) groups is 1. The van der Waals surface area contributed by atoms with Crippen LogP contribution in [0.15, 0.2) is 53.7 Å². The lowest BCUT2D eigenvalue weighted by Gasteiger charge is -2.12. The summed E-state index contributed by atoms with van der Waals surface area (Å²) in [6.07, 6.45) is 1.80. The van der Waals surface area contributed by atoms with Crippen molar-refractivity contribution in [3.8, 4) is 5.75 Å². The number of hydrogen-bond acceptors (Lipinski definition) is 4. The number of hydrogen-bond donors (Lipinski definition) is 1. The molecule has 0 radical (unpaired) electrons. The van der Waals surface area contributed by atoms with Crippen LogP contribution in [0.4, 0.5) is 0 Å². The Bertz CT molecular complexity index is 487. The zero-order chi connectivity index (χ0) is 13.5. The minimum atomic E-state index is 0.00248. The zero-order valence-corrected chi connectivity index (χ0v) is 11.8. The number of rotatable bonds is 6. The van der Waals surface area contributed by atoms with Gasteiger partial charge in [-0.05, 0) is 36.8 Å². The van der Waals surface area contributed by atoms with Gasteiger partial charge in [-0.3, -0.25) is 0 Å². The minimum Gasteiger partial charge on any atom is -0.494 e. The number of pyridine rings is 1. The van der Waals surface area contributed by atoms with E-state index in [1.807, 2.05) is 49.4 Å². The van der Waals surface area contributed by atoms with Crippen LogP contribution < -0.4 is 10.5 Å². The van der Waals surface area contributed by atoms with Gasteiger partial charge < -0.3 is 10.5 Å². The van der Waals surface area contributed by atoms with E-state index in [9.17, 15) is 0 Å². The predicted octanol–water partition coefficient (Wildman–Crippen LogP) is 3.27. The number of ether oxygens (including phenoxy) is 1. The average Bonchev–Trinajstić information content (AvgIpc) is 2.47. The lowest BCUT2D eigenvalue weighted by molar-refractivity contribution is 0.340. The van der Waals surface area contributed by atoms with Crippen molar-refractivity contribution < 1.29 is 4.74 Å². The Morgan fingerprint density at radius 2 is 2.00 bits per heavy atom. The molecule has 100 valence electrons. The van der Waals surface area contributed by atoms with E-state index in [1.165, 1.54) is 0 Å². The van der Waals surface area contributed by atoms with E-state index in [0.29, 0.717) is 6.61 Å². The molecule has 2 N–H and O–H groups in total. The second kappa shape index (κ2) is 7.16. The Labute approximate surface area is 118 Å². The van der Waals surface area contributed by atoms with Gasteiger partial charge in [0, 0.05) is 18.0 Å². The van der Waals surface area contributed by atoms with E-state index in [2.05, 4.69) is 4.98 Å². The maximum absolute atomic E-state index is 6.18. The summed E-state index contributed by atoms with van der Waals surface area (Å²) < 4.78 is 5.41. The molecular weight excluding hydrogens is 256 g/mol. The van der Waals surface area contributed by atoms with E-state index in [-0.39, 0.29) is 6.04 Å². The van der Waals surface area contributed by atoms with Crippen LogP contribution in [0.5, 0.6) is 5.75 Å². The number of nitrogens with two attached hydrogens (primary N) is 1. The molecule has 0 bridgehead atoms. The maximum atomic E-state index is 6.18. The molecule has 0 spiro atoms. The van der Waals surface area contributed by atoms with Crippen LogP contribution in [0, 0.1) is 0 Å². The van der Waals surface area contributed by atoms with Gasteiger partial charge in [0.1, 0.15) is 5.75 Å². The molecule has 0 saturated carbocycles. The second-order valence-electron chi connectivity index (χ2n) is 4.09. The van der Waals surface area contributed by atoms with Crippen LogP contribution in [0.1, 0.15) is 18.5 Å². The van der Waals surface area contributed by atoms with Crippen molar-refractivity contribution in [2.75, 3.05) is 12.4 Å². The monoisotopic (exact) mass is 274 g/mol. The van der Waals surface area contributed by atoms with Crippen LogP contribution in [0.3, 0.4) is 0 Å². The molecule has 1 heterocycles. The first-order chi connectivity index (χ1) is 9.29. The SMILES string of the molecule is CCOc1ccc(C(N)CSc2ccccn2)cc1. The molecule has 1 aromatic heterocycles. The molecular formula is C15H18N2OS. The lowest BCUT2D eigenvalue weighted by Crippen LogP contribution is -2.12. The highest BCUT2D eigenvalue weighted by Crippen LogP contribution is 2.23. The molecule has 0 aliphatic carbocycles. The van der Waals surface area contributed by atoms with Gasteiger partial charge in [-0.1, -0.05) is 18.2 Å². The third-order valence-corrected chi connectivity index (χ3v) is 3.73. The highest BCUT2D eigenvalue weighted by Gasteiger charge is 2.07. The zero-order valence-electron chi connectivity index (χ0n) is 11.0. The summed E-state index contributed by atoms with van der Waals surface area (Å²) in [5, 5.41) is 1.00. The fraction of sp³-hybridized carbons (Fsp3) is 0.267. The van der Waals surface area contributed by atoms with Gasteiger partial charge in [-0.15, -0.1) is 11.8 Å². The molecule has 4 heteroatoms. The Hall–Kier alpha value is -1.52. The lowest BCUT2D eigenvalue weighted by atomic mass is 10.1. The molecule has 1 unspecified atom stereocenters. The van der Waals surface area contributed by atoms with Crippen molar-refractivity contribution in [2.24, 2.45) is 5.73 Å². The molecule has 2 rings (SSSR count). The first-order valence-corrected chi connectivity index (χ1v) is 7.30. The molecule has 0 aliphatic rings. The van der Waals surface area contributed by atoms with Crippen molar-refractivity contribution in [1.82, 2.24) is 4.98 Å². The summed E-state index contributed by atoms with van der Waals surface area (Å²) >= 11 is 1.67. The molecule has 1 aromatic carbocycles. The quantitative estimate of drug-likeness (QED) is 0.821. The first kappa shape index (κ1) is 13.9. The van der Waals surface area contributed by atoms with E-state index < -0.39 is 0 Å². The third kappa shape index (κ3) is 4.26. The summed E-state index contributed by atoms with van der Waals surface area (Å²) in [7, 11) is 0. The van der Waals surface area contributed by atoms with E-state index in [0.717, 1.165) is 22.1 Å². The molecule has 2 aromatic rings. The second-order valence-corrected chi connectivity index (χ2v) is 5.13. The minimum absolute atomic E-state index is 0.00248. The van der Waals surface area contributed by atoms with Crippen LogP contribution >= 0.6 is 11.8 Å². The van der Waals surface area contributed by atoms with Crippen LogP contribution in [0.2, 0.25) is 0 Å². The summed E-state index contributed by atoms with van der Waals surface area (Å²) in [6, 6.07) is 13.9. The smallest absolute Gasteiger partial charge is 0.119 e. The molecule has 0 aliphatic heterocycles. The summed E-state index contributed by atoms with van der Waals surface area (Å²) in [6.45, 7) is 2.66. The summed E-state index contributed by atoms with van der Waals surface area (Å²) in [4.78, 5) is 4.27. The topological polar surface area (TPSA) is 48.1 Å². The van der Waals surface area contributed by atoms with E-state index in [1.54, 1.807) is 18.0 Å². The number of benzene rings is 1. The van der Waals surface area contributed by atoms with Crippen LogP contribution in [-0.4, -0.2) is 17.3 Å². The van der Waals surface area contributed by atoms with Crippen LogP contribution in [-0.2, 0) is 0 Å². The molecule has 19 heavy (non-hydrogen) atoms. The largest absolute Gasteiger partial charge is 0.494 e. The highest BCUT2D eigenvalue weighted by atomic mass is 32.2. The van der Waals surface area contributed by atoms with E-state index in [4.69, 9.17) is 10.5 Å². The van der Waals surface area contributed by atoms with Gasteiger partial charge in [-0.2, -0.15) is 0 Å².